The number of rotatable bonds is 6. The monoisotopic (exact) mass is 269 g/mol. The van der Waals surface area contributed by atoms with Gasteiger partial charge in [-0.2, -0.15) is 0 Å². The van der Waals surface area contributed by atoms with E-state index in [9.17, 15) is 0 Å². The first-order chi connectivity index (χ1) is 9.31. The number of ether oxygens (including phenoxy) is 1. The van der Waals surface area contributed by atoms with E-state index in [-0.39, 0.29) is 0 Å². The fourth-order valence-electron chi connectivity index (χ4n) is 3.19. The second kappa shape index (κ2) is 8.20. The van der Waals surface area contributed by atoms with Gasteiger partial charge in [-0.25, -0.2) is 0 Å². The van der Waals surface area contributed by atoms with Crippen molar-refractivity contribution in [1.29, 1.82) is 0 Å². The lowest BCUT2D eigenvalue weighted by Gasteiger charge is -2.36. The minimum absolute atomic E-state index is 0.400. The minimum Gasteiger partial charge on any atom is -0.374 e. The summed E-state index contributed by atoms with van der Waals surface area (Å²) in [6.45, 7) is 13.4. The molecular weight excluding hydrogens is 238 g/mol. The Bertz CT molecular complexity index is 244. The molecule has 0 saturated carbocycles. The fraction of sp³-hybridized carbons (Fsp3) is 1.00. The molecule has 0 amide bonds. The first-order valence-corrected chi connectivity index (χ1v) is 8.11. The van der Waals surface area contributed by atoms with Gasteiger partial charge in [0.05, 0.1) is 12.7 Å². The molecule has 2 unspecified atom stereocenters. The van der Waals surface area contributed by atoms with Gasteiger partial charge in [-0.3, -0.25) is 9.80 Å². The molecule has 112 valence electrons. The number of nitrogens with zero attached hydrogens (tertiary/aromatic N) is 2. The Kier molecular flexibility index (Phi) is 6.57. The van der Waals surface area contributed by atoms with E-state index in [4.69, 9.17) is 4.74 Å². The predicted octanol–water partition coefficient (Wildman–Crippen LogP) is 1.17. The highest BCUT2D eigenvalue weighted by Gasteiger charge is 2.23. The molecule has 2 aliphatic rings. The van der Waals surface area contributed by atoms with Crippen LogP contribution in [0.2, 0.25) is 0 Å². The third kappa shape index (κ3) is 5.03. The highest BCUT2D eigenvalue weighted by atomic mass is 16.5. The van der Waals surface area contributed by atoms with Crippen LogP contribution in [0.25, 0.3) is 0 Å². The van der Waals surface area contributed by atoms with Crippen molar-refractivity contribution >= 4 is 0 Å². The molecule has 0 aromatic heterocycles. The first kappa shape index (κ1) is 15.2. The third-order valence-corrected chi connectivity index (χ3v) is 4.47. The molecule has 0 bridgehead atoms. The van der Waals surface area contributed by atoms with Crippen molar-refractivity contribution in [1.82, 2.24) is 15.1 Å². The van der Waals surface area contributed by atoms with Gasteiger partial charge in [0.15, 0.2) is 0 Å². The summed E-state index contributed by atoms with van der Waals surface area (Å²) >= 11 is 0. The second-order valence-electron chi connectivity index (χ2n) is 5.89. The molecule has 2 fully saturated rings. The molecule has 19 heavy (non-hydrogen) atoms. The van der Waals surface area contributed by atoms with E-state index < -0.39 is 0 Å². The lowest BCUT2D eigenvalue weighted by Crippen LogP contribution is -2.50. The second-order valence-corrected chi connectivity index (χ2v) is 5.89. The van der Waals surface area contributed by atoms with Crippen LogP contribution < -0.4 is 5.32 Å². The summed E-state index contributed by atoms with van der Waals surface area (Å²) in [4.78, 5) is 5.06. The first-order valence-electron chi connectivity index (χ1n) is 8.11. The molecule has 4 nitrogen and oxygen atoms in total. The normalized spacial score (nSPS) is 29.8. The molecule has 0 aromatic rings. The Morgan fingerprint density at radius 3 is 2.84 bits per heavy atom. The lowest BCUT2D eigenvalue weighted by molar-refractivity contribution is -0.0423. The van der Waals surface area contributed by atoms with Gasteiger partial charge in [-0.1, -0.05) is 20.3 Å². The maximum absolute atomic E-state index is 5.93. The average Bonchev–Trinajstić information content (AvgIpc) is 2.48. The fourth-order valence-corrected chi connectivity index (χ4v) is 3.19. The Morgan fingerprint density at radius 1 is 1.26 bits per heavy atom. The maximum Gasteiger partial charge on any atom is 0.0829 e. The van der Waals surface area contributed by atoms with Crippen molar-refractivity contribution in [2.24, 2.45) is 0 Å². The number of hydrogen-bond donors (Lipinski definition) is 1. The summed E-state index contributed by atoms with van der Waals surface area (Å²) in [5.74, 6) is 0. The molecule has 2 heterocycles. The zero-order valence-electron chi connectivity index (χ0n) is 12.7. The van der Waals surface area contributed by atoms with E-state index in [0.29, 0.717) is 12.1 Å². The van der Waals surface area contributed by atoms with Crippen LogP contribution in [-0.2, 0) is 4.74 Å². The molecule has 1 N–H and O–H groups in total. The molecule has 0 aromatic carbocycles. The maximum atomic E-state index is 5.93. The summed E-state index contributed by atoms with van der Waals surface area (Å²) in [7, 11) is 0. The number of nitrogens with one attached hydrogen (secondary N) is 1. The van der Waals surface area contributed by atoms with Crippen LogP contribution in [0.4, 0.5) is 0 Å². The smallest absolute Gasteiger partial charge is 0.0829 e. The van der Waals surface area contributed by atoms with Gasteiger partial charge in [0, 0.05) is 32.2 Å². The van der Waals surface area contributed by atoms with Gasteiger partial charge in [0.2, 0.25) is 0 Å². The summed E-state index contributed by atoms with van der Waals surface area (Å²) < 4.78 is 5.93. The van der Waals surface area contributed by atoms with E-state index in [1.54, 1.807) is 0 Å². The molecule has 2 rings (SSSR count). The quantitative estimate of drug-likeness (QED) is 0.783. The topological polar surface area (TPSA) is 27.7 Å². The van der Waals surface area contributed by atoms with Gasteiger partial charge < -0.3 is 10.1 Å². The highest BCUT2D eigenvalue weighted by molar-refractivity contribution is 4.79. The van der Waals surface area contributed by atoms with Crippen molar-refractivity contribution in [2.75, 3.05) is 52.4 Å². The van der Waals surface area contributed by atoms with Crippen molar-refractivity contribution in [3.8, 4) is 0 Å². The standard InChI is InChI=1S/C15H31N3O/c1-3-17-9-10-19-15(12-17)13-18(4-2)11-14-7-5-6-8-16-14/h14-16H,3-13H2,1-2H3. The highest BCUT2D eigenvalue weighted by Crippen LogP contribution is 2.11. The van der Waals surface area contributed by atoms with Gasteiger partial charge in [0.1, 0.15) is 0 Å². The van der Waals surface area contributed by atoms with Crippen LogP contribution in [0.15, 0.2) is 0 Å². The van der Waals surface area contributed by atoms with E-state index in [2.05, 4.69) is 29.0 Å². The summed E-state index contributed by atoms with van der Waals surface area (Å²) in [5.41, 5.74) is 0. The Morgan fingerprint density at radius 2 is 2.16 bits per heavy atom. The lowest BCUT2D eigenvalue weighted by atomic mass is 10.0. The van der Waals surface area contributed by atoms with Crippen molar-refractivity contribution in [2.45, 2.75) is 45.3 Å². The predicted molar refractivity (Wildman–Crippen MR) is 79.6 cm³/mol. The zero-order valence-corrected chi connectivity index (χ0v) is 12.7. The third-order valence-electron chi connectivity index (χ3n) is 4.47. The Balaban J connectivity index is 1.74. The van der Waals surface area contributed by atoms with Gasteiger partial charge >= 0.3 is 0 Å². The van der Waals surface area contributed by atoms with Crippen LogP contribution in [0.5, 0.6) is 0 Å². The van der Waals surface area contributed by atoms with Gasteiger partial charge in [-0.05, 0) is 32.5 Å². The van der Waals surface area contributed by atoms with Gasteiger partial charge in [-0.15, -0.1) is 0 Å². The van der Waals surface area contributed by atoms with Crippen LogP contribution in [-0.4, -0.2) is 74.4 Å². The summed E-state index contributed by atoms with van der Waals surface area (Å²) in [6, 6.07) is 0.694. The Hall–Kier alpha value is -0.160. The number of piperidine rings is 1. The summed E-state index contributed by atoms with van der Waals surface area (Å²) in [5, 5.41) is 3.65. The minimum atomic E-state index is 0.400. The van der Waals surface area contributed by atoms with E-state index >= 15 is 0 Å². The van der Waals surface area contributed by atoms with Gasteiger partial charge in [0.25, 0.3) is 0 Å². The SMILES string of the molecule is CCN1CCOC(CN(CC)CC2CCCCN2)C1. The van der Waals surface area contributed by atoms with Crippen LogP contribution >= 0.6 is 0 Å². The molecule has 2 atom stereocenters. The van der Waals surface area contributed by atoms with Crippen molar-refractivity contribution in [3.63, 3.8) is 0 Å². The van der Waals surface area contributed by atoms with E-state index in [1.165, 1.54) is 32.4 Å². The molecule has 0 radical (unpaired) electrons. The summed E-state index contributed by atoms with van der Waals surface area (Å²) in [6.07, 6.45) is 4.47. The Labute approximate surface area is 118 Å². The molecule has 4 heteroatoms. The van der Waals surface area contributed by atoms with Crippen LogP contribution in [0.3, 0.4) is 0 Å². The molecule has 0 aliphatic carbocycles. The number of likely N-dealkylation sites (N-methyl/N-ethyl adjacent to an activating group) is 2. The molecule has 2 aliphatic heterocycles. The molecular formula is C15H31N3O. The van der Waals surface area contributed by atoms with Crippen LogP contribution in [0.1, 0.15) is 33.1 Å². The molecule has 0 spiro atoms. The average molecular weight is 269 g/mol. The molecule has 2 saturated heterocycles. The largest absolute Gasteiger partial charge is 0.374 e. The van der Waals surface area contributed by atoms with Crippen molar-refractivity contribution < 1.29 is 4.74 Å². The van der Waals surface area contributed by atoms with Crippen LogP contribution in [0, 0.1) is 0 Å². The van der Waals surface area contributed by atoms with Crippen molar-refractivity contribution in [3.05, 3.63) is 0 Å². The van der Waals surface area contributed by atoms with E-state index in [0.717, 1.165) is 39.3 Å². The van der Waals surface area contributed by atoms with E-state index in [1.807, 2.05) is 0 Å². The number of hydrogen-bond acceptors (Lipinski definition) is 4. The zero-order chi connectivity index (χ0) is 13.5. The number of morpholine rings is 1.